The zero-order valence-electron chi connectivity index (χ0n) is 10.4. The summed E-state index contributed by atoms with van der Waals surface area (Å²) in [5.74, 6) is 0.347. The fraction of sp³-hybridized carbons (Fsp3) is 0.250. The number of rotatable bonds is 0. The first-order chi connectivity index (χ1) is 9.25. The summed E-state index contributed by atoms with van der Waals surface area (Å²) in [5.41, 5.74) is 1.83. The van der Waals surface area contributed by atoms with Gasteiger partial charge in [0, 0.05) is 19.4 Å². The van der Waals surface area contributed by atoms with Gasteiger partial charge in [0.15, 0.2) is 0 Å². The van der Waals surface area contributed by atoms with Crippen molar-refractivity contribution in [3.05, 3.63) is 47.5 Å². The second-order valence-corrected chi connectivity index (χ2v) is 5.26. The number of carbonyl (C=O) groups excluding carboxylic acids is 2. The third-order valence-electron chi connectivity index (χ3n) is 4.22. The van der Waals surface area contributed by atoms with Gasteiger partial charge in [-0.3, -0.25) is 9.59 Å². The van der Waals surface area contributed by atoms with E-state index in [-0.39, 0.29) is 17.7 Å². The standard InChI is InChI=1S/C16H13NO2/c18-11-7-8-17-14(9-11)13-6-5-10-3-1-2-4-12(10)15(13)16(17)19/h1-6,14H,7-9H2. The summed E-state index contributed by atoms with van der Waals surface area (Å²) >= 11 is 0. The van der Waals surface area contributed by atoms with Crippen LogP contribution in [0.1, 0.15) is 34.8 Å². The van der Waals surface area contributed by atoms with Crippen molar-refractivity contribution in [3.63, 3.8) is 0 Å². The second kappa shape index (κ2) is 3.67. The molecule has 0 aliphatic carbocycles. The van der Waals surface area contributed by atoms with Crippen LogP contribution in [-0.4, -0.2) is 23.1 Å². The number of fused-ring (bicyclic) bond motifs is 5. The molecule has 0 saturated carbocycles. The maximum atomic E-state index is 12.6. The lowest BCUT2D eigenvalue weighted by atomic mass is 9.94. The van der Waals surface area contributed by atoms with Crippen molar-refractivity contribution in [1.82, 2.24) is 4.90 Å². The molecule has 94 valence electrons. The largest absolute Gasteiger partial charge is 0.331 e. The highest BCUT2D eigenvalue weighted by atomic mass is 16.2. The summed E-state index contributed by atoms with van der Waals surface area (Å²) in [7, 11) is 0. The molecule has 2 aromatic carbocycles. The van der Waals surface area contributed by atoms with Crippen LogP contribution in [0.3, 0.4) is 0 Å². The van der Waals surface area contributed by atoms with E-state index < -0.39 is 0 Å². The molecule has 3 heteroatoms. The van der Waals surface area contributed by atoms with Crippen molar-refractivity contribution >= 4 is 22.5 Å². The second-order valence-electron chi connectivity index (χ2n) is 5.26. The van der Waals surface area contributed by atoms with E-state index in [0.717, 1.165) is 21.9 Å². The maximum absolute atomic E-state index is 12.6. The topological polar surface area (TPSA) is 37.4 Å². The Morgan fingerprint density at radius 3 is 2.79 bits per heavy atom. The molecule has 0 radical (unpaired) electrons. The molecule has 1 saturated heterocycles. The average Bonchev–Trinajstić information content (AvgIpc) is 2.72. The molecule has 0 aromatic heterocycles. The van der Waals surface area contributed by atoms with Crippen LogP contribution in [0, 0.1) is 0 Å². The zero-order valence-corrected chi connectivity index (χ0v) is 10.4. The molecule has 0 spiro atoms. The van der Waals surface area contributed by atoms with Crippen molar-refractivity contribution in [2.45, 2.75) is 18.9 Å². The number of ketones is 1. The molecule has 0 N–H and O–H groups in total. The van der Waals surface area contributed by atoms with Crippen molar-refractivity contribution in [3.8, 4) is 0 Å². The summed E-state index contributed by atoms with van der Waals surface area (Å²) in [6, 6.07) is 12.0. The Morgan fingerprint density at radius 1 is 1.05 bits per heavy atom. The molecule has 19 heavy (non-hydrogen) atoms. The molecule has 1 atom stereocenters. The summed E-state index contributed by atoms with van der Waals surface area (Å²) in [5, 5.41) is 2.09. The van der Waals surface area contributed by atoms with Crippen LogP contribution in [0.2, 0.25) is 0 Å². The van der Waals surface area contributed by atoms with Crippen LogP contribution in [0.25, 0.3) is 10.8 Å². The molecule has 1 fully saturated rings. The van der Waals surface area contributed by atoms with Crippen LogP contribution in [0.4, 0.5) is 0 Å². The van der Waals surface area contributed by atoms with Gasteiger partial charge in [0.1, 0.15) is 5.78 Å². The Labute approximate surface area is 110 Å². The van der Waals surface area contributed by atoms with Gasteiger partial charge in [-0.15, -0.1) is 0 Å². The van der Waals surface area contributed by atoms with Crippen molar-refractivity contribution in [2.75, 3.05) is 6.54 Å². The minimum absolute atomic E-state index is 0.0339. The molecule has 1 amide bonds. The van der Waals surface area contributed by atoms with Gasteiger partial charge in [-0.05, 0) is 16.3 Å². The lowest BCUT2D eigenvalue weighted by Gasteiger charge is -2.28. The molecule has 0 bridgehead atoms. The number of Topliss-reactive ketones (excluding diaryl/α,β-unsaturated/α-hetero) is 1. The van der Waals surface area contributed by atoms with Crippen LogP contribution in [0.5, 0.6) is 0 Å². The fourth-order valence-corrected chi connectivity index (χ4v) is 3.30. The molecule has 2 heterocycles. The minimum atomic E-state index is -0.0339. The molecule has 1 unspecified atom stereocenters. The average molecular weight is 251 g/mol. The maximum Gasteiger partial charge on any atom is 0.255 e. The number of hydrogen-bond acceptors (Lipinski definition) is 2. The lowest BCUT2D eigenvalue weighted by molar-refractivity contribution is -0.122. The van der Waals surface area contributed by atoms with E-state index in [9.17, 15) is 9.59 Å². The van der Waals surface area contributed by atoms with Crippen LogP contribution in [-0.2, 0) is 4.79 Å². The van der Waals surface area contributed by atoms with Gasteiger partial charge >= 0.3 is 0 Å². The van der Waals surface area contributed by atoms with Gasteiger partial charge in [-0.25, -0.2) is 0 Å². The first-order valence-corrected chi connectivity index (χ1v) is 6.60. The van der Waals surface area contributed by atoms with E-state index in [1.807, 2.05) is 41.3 Å². The van der Waals surface area contributed by atoms with Gasteiger partial charge in [0.2, 0.25) is 0 Å². The van der Waals surface area contributed by atoms with E-state index in [2.05, 4.69) is 0 Å². The van der Waals surface area contributed by atoms with Crippen molar-refractivity contribution < 1.29 is 9.59 Å². The smallest absolute Gasteiger partial charge is 0.255 e. The molecule has 3 nitrogen and oxygen atoms in total. The Hall–Kier alpha value is -2.16. The number of piperidine rings is 1. The SMILES string of the molecule is O=C1CCN2C(=O)c3c(ccc4ccccc34)C2C1. The summed E-state index contributed by atoms with van der Waals surface area (Å²) in [6.45, 7) is 0.561. The van der Waals surface area contributed by atoms with Gasteiger partial charge < -0.3 is 4.90 Å². The van der Waals surface area contributed by atoms with Crippen LogP contribution < -0.4 is 0 Å². The predicted octanol–water partition coefficient (Wildman–Crippen LogP) is 2.70. The number of amides is 1. The summed E-state index contributed by atoms with van der Waals surface area (Å²) in [6.07, 6.45) is 0.964. The van der Waals surface area contributed by atoms with Gasteiger partial charge in [0.25, 0.3) is 5.91 Å². The molecule has 2 aromatic rings. The third kappa shape index (κ3) is 1.38. The highest BCUT2D eigenvalue weighted by molar-refractivity contribution is 6.11. The van der Waals surface area contributed by atoms with E-state index in [1.54, 1.807) is 0 Å². The van der Waals surface area contributed by atoms with Gasteiger partial charge in [0.05, 0.1) is 11.6 Å². The molecule has 2 aliphatic rings. The van der Waals surface area contributed by atoms with Crippen molar-refractivity contribution in [2.24, 2.45) is 0 Å². The number of nitrogens with zero attached hydrogens (tertiary/aromatic N) is 1. The molecular formula is C16H13NO2. The first-order valence-electron chi connectivity index (χ1n) is 6.60. The molecular weight excluding hydrogens is 238 g/mol. The summed E-state index contributed by atoms with van der Waals surface area (Å²) < 4.78 is 0. The normalized spacial score (nSPS) is 21.7. The zero-order chi connectivity index (χ0) is 13.0. The van der Waals surface area contributed by atoms with Gasteiger partial charge in [-0.2, -0.15) is 0 Å². The van der Waals surface area contributed by atoms with E-state index >= 15 is 0 Å². The number of benzene rings is 2. The van der Waals surface area contributed by atoms with Crippen LogP contribution in [0.15, 0.2) is 36.4 Å². The summed E-state index contributed by atoms with van der Waals surface area (Å²) in [4.78, 5) is 26.1. The first kappa shape index (κ1) is 10.7. The molecule has 2 aliphatic heterocycles. The quantitative estimate of drug-likeness (QED) is 0.722. The highest BCUT2D eigenvalue weighted by Gasteiger charge is 2.41. The lowest BCUT2D eigenvalue weighted by Crippen LogP contribution is -2.35. The predicted molar refractivity (Wildman–Crippen MR) is 72.0 cm³/mol. The van der Waals surface area contributed by atoms with E-state index in [1.165, 1.54) is 0 Å². The Bertz CT molecular complexity index is 720. The number of hydrogen-bond donors (Lipinski definition) is 0. The Balaban J connectivity index is 1.98. The Morgan fingerprint density at radius 2 is 1.89 bits per heavy atom. The van der Waals surface area contributed by atoms with E-state index in [4.69, 9.17) is 0 Å². The highest BCUT2D eigenvalue weighted by Crippen LogP contribution is 2.41. The third-order valence-corrected chi connectivity index (χ3v) is 4.22. The Kier molecular flexibility index (Phi) is 2.07. The fourth-order valence-electron chi connectivity index (χ4n) is 3.30. The van der Waals surface area contributed by atoms with Crippen molar-refractivity contribution in [1.29, 1.82) is 0 Å². The monoisotopic (exact) mass is 251 g/mol. The number of carbonyl (C=O) groups is 2. The van der Waals surface area contributed by atoms with Gasteiger partial charge in [-0.1, -0.05) is 36.4 Å². The van der Waals surface area contributed by atoms with Crippen LogP contribution >= 0.6 is 0 Å². The molecule has 4 rings (SSSR count). The van der Waals surface area contributed by atoms with E-state index in [0.29, 0.717) is 19.4 Å². The minimum Gasteiger partial charge on any atom is -0.331 e.